The second-order valence-corrected chi connectivity index (χ2v) is 8.89. The smallest absolute Gasteiger partial charge is 0.167 e. The molecule has 1 saturated carbocycles. The SMILES string of the molecule is O=C(Cc1ccncc1)c1ccc(CCc2[nH]nc3ccnc(NC4CCCCC4)c23)cc1. The van der Waals surface area contributed by atoms with Crippen molar-refractivity contribution >= 4 is 22.5 Å². The predicted octanol–water partition coefficient (Wildman–Crippen LogP) is 5.31. The van der Waals surface area contributed by atoms with Gasteiger partial charge in [-0.1, -0.05) is 43.5 Å². The van der Waals surface area contributed by atoms with E-state index in [4.69, 9.17) is 0 Å². The Morgan fingerprint density at radius 1 is 0.909 bits per heavy atom. The molecular weight excluding hydrogens is 410 g/mol. The van der Waals surface area contributed by atoms with E-state index in [1.165, 1.54) is 37.7 Å². The number of anilines is 1. The predicted molar refractivity (Wildman–Crippen MR) is 131 cm³/mol. The third-order valence-electron chi connectivity index (χ3n) is 6.54. The van der Waals surface area contributed by atoms with Crippen molar-refractivity contribution in [1.29, 1.82) is 0 Å². The minimum absolute atomic E-state index is 0.122. The molecule has 0 unspecified atom stereocenters. The van der Waals surface area contributed by atoms with Gasteiger partial charge in [-0.25, -0.2) is 4.98 Å². The number of benzene rings is 1. The molecule has 1 aromatic carbocycles. The van der Waals surface area contributed by atoms with E-state index in [0.717, 1.165) is 46.4 Å². The summed E-state index contributed by atoms with van der Waals surface area (Å²) < 4.78 is 0. The molecule has 1 aliphatic carbocycles. The molecule has 4 aromatic rings. The van der Waals surface area contributed by atoms with Crippen LogP contribution in [0.3, 0.4) is 0 Å². The van der Waals surface area contributed by atoms with Crippen LogP contribution < -0.4 is 5.32 Å². The Morgan fingerprint density at radius 3 is 2.48 bits per heavy atom. The second-order valence-electron chi connectivity index (χ2n) is 8.89. The van der Waals surface area contributed by atoms with Gasteiger partial charge in [0.1, 0.15) is 5.82 Å². The Labute approximate surface area is 193 Å². The van der Waals surface area contributed by atoms with Gasteiger partial charge in [0.15, 0.2) is 5.78 Å². The number of H-pyrrole nitrogens is 1. The van der Waals surface area contributed by atoms with Gasteiger partial charge in [0.05, 0.1) is 10.9 Å². The summed E-state index contributed by atoms with van der Waals surface area (Å²) in [5, 5.41) is 12.5. The third-order valence-corrected chi connectivity index (χ3v) is 6.54. The van der Waals surface area contributed by atoms with Gasteiger partial charge in [-0.15, -0.1) is 0 Å². The summed E-state index contributed by atoms with van der Waals surface area (Å²) in [5.41, 5.74) is 4.98. The summed E-state index contributed by atoms with van der Waals surface area (Å²) in [6.07, 6.45) is 13.7. The molecule has 0 aliphatic heterocycles. The van der Waals surface area contributed by atoms with Crippen LogP contribution in [0.4, 0.5) is 5.82 Å². The van der Waals surface area contributed by atoms with Crippen molar-refractivity contribution in [3.05, 3.63) is 83.4 Å². The number of Topliss-reactive ketones (excluding diaryl/α,β-unsaturated/α-hetero) is 1. The molecule has 0 spiro atoms. The molecule has 6 heteroatoms. The topological polar surface area (TPSA) is 83.6 Å². The van der Waals surface area contributed by atoms with E-state index in [2.05, 4.69) is 37.6 Å². The van der Waals surface area contributed by atoms with Crippen LogP contribution in [0.1, 0.15) is 59.3 Å². The largest absolute Gasteiger partial charge is 0.367 e. The maximum atomic E-state index is 12.6. The Bertz CT molecular complexity index is 1210. The van der Waals surface area contributed by atoms with Gasteiger partial charge >= 0.3 is 0 Å². The van der Waals surface area contributed by atoms with E-state index in [1.807, 2.05) is 36.5 Å². The van der Waals surface area contributed by atoms with Crippen molar-refractivity contribution < 1.29 is 4.79 Å². The number of rotatable bonds is 8. The Hall–Kier alpha value is -3.54. The van der Waals surface area contributed by atoms with E-state index >= 15 is 0 Å². The third kappa shape index (κ3) is 5.11. The Kier molecular flexibility index (Phi) is 6.42. The molecule has 5 rings (SSSR count). The summed E-state index contributed by atoms with van der Waals surface area (Å²) in [7, 11) is 0. The number of aromatic nitrogens is 4. The number of fused-ring (bicyclic) bond motifs is 1. The normalized spacial score (nSPS) is 14.4. The second kappa shape index (κ2) is 9.94. The molecule has 1 fully saturated rings. The van der Waals surface area contributed by atoms with Crippen molar-refractivity contribution in [2.45, 2.75) is 57.4 Å². The standard InChI is InChI=1S/C27H29N5O/c33-25(18-20-12-15-28-16-13-20)21-9-6-19(7-10-21)8-11-23-26-24(32-31-23)14-17-29-27(26)30-22-4-2-1-3-5-22/h6-7,9-10,12-17,22H,1-5,8,11,18H2,(H,29,30)(H,31,32). The zero-order valence-corrected chi connectivity index (χ0v) is 18.8. The number of nitrogens with one attached hydrogen (secondary N) is 2. The minimum Gasteiger partial charge on any atom is -0.367 e. The maximum absolute atomic E-state index is 12.6. The molecule has 168 valence electrons. The highest BCUT2D eigenvalue weighted by atomic mass is 16.1. The molecule has 33 heavy (non-hydrogen) atoms. The van der Waals surface area contributed by atoms with Crippen molar-refractivity contribution in [1.82, 2.24) is 20.2 Å². The fourth-order valence-corrected chi connectivity index (χ4v) is 4.67. The number of aryl methyl sites for hydroxylation is 2. The van der Waals surface area contributed by atoms with Crippen LogP contribution in [0.15, 0.2) is 61.1 Å². The number of hydrogen-bond donors (Lipinski definition) is 2. The first-order chi connectivity index (χ1) is 16.3. The van der Waals surface area contributed by atoms with Gasteiger partial charge in [0, 0.05) is 42.3 Å². The zero-order valence-electron chi connectivity index (χ0n) is 18.8. The number of ketones is 1. The molecule has 0 amide bonds. The van der Waals surface area contributed by atoms with E-state index in [1.54, 1.807) is 12.4 Å². The summed E-state index contributed by atoms with van der Waals surface area (Å²) in [5.74, 6) is 1.07. The molecule has 0 radical (unpaired) electrons. The van der Waals surface area contributed by atoms with Crippen molar-refractivity contribution in [2.24, 2.45) is 0 Å². The lowest BCUT2D eigenvalue weighted by Crippen LogP contribution is -2.23. The van der Waals surface area contributed by atoms with Crippen LogP contribution in [-0.2, 0) is 19.3 Å². The molecule has 2 N–H and O–H groups in total. The van der Waals surface area contributed by atoms with Crippen LogP contribution in [-0.4, -0.2) is 32.0 Å². The number of nitrogens with zero attached hydrogens (tertiary/aromatic N) is 3. The number of aromatic amines is 1. The van der Waals surface area contributed by atoms with E-state index < -0.39 is 0 Å². The molecule has 3 aromatic heterocycles. The van der Waals surface area contributed by atoms with E-state index in [-0.39, 0.29) is 5.78 Å². The average molecular weight is 440 g/mol. The molecule has 1 aliphatic rings. The molecule has 0 atom stereocenters. The van der Waals surface area contributed by atoms with Gasteiger partial charge in [-0.2, -0.15) is 5.10 Å². The molecule has 0 bridgehead atoms. The number of hydrogen-bond acceptors (Lipinski definition) is 5. The van der Waals surface area contributed by atoms with Gasteiger partial charge in [0.2, 0.25) is 0 Å². The number of carbonyl (C=O) groups excluding carboxylic acids is 1. The van der Waals surface area contributed by atoms with Gasteiger partial charge in [-0.05, 0) is 55.0 Å². The maximum Gasteiger partial charge on any atom is 0.167 e. The summed E-state index contributed by atoms with van der Waals surface area (Å²) in [6.45, 7) is 0. The van der Waals surface area contributed by atoms with Crippen molar-refractivity contribution in [3.8, 4) is 0 Å². The van der Waals surface area contributed by atoms with Crippen LogP contribution in [0.2, 0.25) is 0 Å². The van der Waals surface area contributed by atoms with Crippen molar-refractivity contribution in [3.63, 3.8) is 0 Å². The van der Waals surface area contributed by atoms with Crippen molar-refractivity contribution in [2.75, 3.05) is 5.32 Å². The lowest BCUT2D eigenvalue weighted by Gasteiger charge is -2.23. The minimum atomic E-state index is 0.122. The highest BCUT2D eigenvalue weighted by molar-refractivity contribution is 5.97. The monoisotopic (exact) mass is 439 g/mol. The van der Waals surface area contributed by atoms with Crippen LogP contribution in [0.25, 0.3) is 10.9 Å². The van der Waals surface area contributed by atoms with Crippen LogP contribution in [0.5, 0.6) is 0 Å². The fourth-order valence-electron chi connectivity index (χ4n) is 4.67. The molecule has 0 saturated heterocycles. The average Bonchev–Trinajstić information content (AvgIpc) is 3.28. The van der Waals surface area contributed by atoms with Crippen LogP contribution in [0, 0.1) is 0 Å². The first-order valence-corrected chi connectivity index (χ1v) is 11.9. The number of pyridine rings is 2. The lowest BCUT2D eigenvalue weighted by atomic mass is 9.95. The summed E-state index contributed by atoms with van der Waals surface area (Å²) in [4.78, 5) is 21.2. The molecule has 6 nitrogen and oxygen atoms in total. The Morgan fingerprint density at radius 2 is 1.70 bits per heavy atom. The fraction of sp³-hybridized carbons (Fsp3) is 0.333. The van der Waals surface area contributed by atoms with Crippen LogP contribution >= 0.6 is 0 Å². The quantitative estimate of drug-likeness (QED) is 0.364. The van der Waals surface area contributed by atoms with E-state index in [0.29, 0.717) is 12.5 Å². The highest BCUT2D eigenvalue weighted by Gasteiger charge is 2.17. The first-order valence-electron chi connectivity index (χ1n) is 11.9. The molecular formula is C27H29N5O. The van der Waals surface area contributed by atoms with Gasteiger partial charge in [0.25, 0.3) is 0 Å². The first kappa shape index (κ1) is 21.3. The highest BCUT2D eigenvalue weighted by Crippen LogP contribution is 2.28. The molecule has 3 heterocycles. The van der Waals surface area contributed by atoms with E-state index in [9.17, 15) is 4.79 Å². The summed E-state index contributed by atoms with van der Waals surface area (Å²) in [6, 6.07) is 14.2. The Balaban J connectivity index is 1.25. The zero-order chi connectivity index (χ0) is 22.5. The number of carbonyl (C=O) groups is 1. The van der Waals surface area contributed by atoms with Gasteiger partial charge in [-0.3, -0.25) is 14.9 Å². The van der Waals surface area contributed by atoms with Gasteiger partial charge < -0.3 is 5.32 Å². The summed E-state index contributed by atoms with van der Waals surface area (Å²) >= 11 is 0. The lowest BCUT2D eigenvalue weighted by molar-refractivity contribution is 0.0993.